The summed E-state index contributed by atoms with van der Waals surface area (Å²) in [7, 11) is 1.58. The molecule has 1 fully saturated rings. The van der Waals surface area contributed by atoms with Gasteiger partial charge in [0.2, 0.25) is 5.91 Å². The van der Waals surface area contributed by atoms with Gasteiger partial charge in [0.15, 0.2) is 0 Å². The summed E-state index contributed by atoms with van der Waals surface area (Å²) < 4.78 is 5.12. The minimum absolute atomic E-state index is 0.134. The van der Waals surface area contributed by atoms with Crippen molar-refractivity contribution in [2.24, 2.45) is 0 Å². The zero-order chi connectivity index (χ0) is 14.5. The Labute approximate surface area is 118 Å². The number of benzene rings is 1. The summed E-state index contributed by atoms with van der Waals surface area (Å²) in [5.41, 5.74) is 0.837. The van der Waals surface area contributed by atoms with Crippen molar-refractivity contribution in [3.8, 4) is 5.75 Å². The number of methoxy groups -OCH3 is 1. The van der Waals surface area contributed by atoms with Crippen LogP contribution in [0.2, 0.25) is 0 Å². The summed E-state index contributed by atoms with van der Waals surface area (Å²) in [6, 6.07) is 6.61. The number of rotatable bonds is 4. The minimum Gasteiger partial charge on any atom is -0.497 e. The Morgan fingerprint density at radius 1 is 1.40 bits per heavy atom. The van der Waals surface area contributed by atoms with Crippen LogP contribution in [0.4, 0.5) is 0 Å². The second-order valence-electron chi connectivity index (χ2n) is 4.97. The minimum atomic E-state index is -0.913. The normalized spacial score (nSPS) is 18.6. The molecule has 1 N–H and O–H groups in total. The van der Waals surface area contributed by atoms with Gasteiger partial charge in [0.1, 0.15) is 11.8 Å². The van der Waals surface area contributed by atoms with Crippen molar-refractivity contribution in [3.63, 3.8) is 0 Å². The third-order valence-electron chi connectivity index (χ3n) is 3.60. The molecule has 1 saturated heterocycles. The average molecular weight is 277 g/mol. The summed E-state index contributed by atoms with van der Waals surface area (Å²) in [6.45, 7) is 0.528. The molecule has 20 heavy (non-hydrogen) atoms. The molecular weight excluding hydrogens is 258 g/mol. The second kappa shape index (κ2) is 6.41. The first-order valence-electron chi connectivity index (χ1n) is 6.77. The molecule has 1 aliphatic rings. The summed E-state index contributed by atoms with van der Waals surface area (Å²) in [6.07, 6.45) is 2.48. The van der Waals surface area contributed by atoms with E-state index >= 15 is 0 Å². The Hall–Kier alpha value is -2.04. The Bertz CT molecular complexity index is 500. The van der Waals surface area contributed by atoms with E-state index in [2.05, 4.69) is 0 Å². The molecule has 1 aromatic carbocycles. The van der Waals surface area contributed by atoms with Gasteiger partial charge in [-0.3, -0.25) is 4.79 Å². The van der Waals surface area contributed by atoms with Crippen LogP contribution >= 0.6 is 0 Å². The van der Waals surface area contributed by atoms with Gasteiger partial charge in [-0.05, 0) is 37.0 Å². The number of amides is 1. The molecule has 5 nitrogen and oxygen atoms in total. The van der Waals surface area contributed by atoms with E-state index in [1.165, 1.54) is 4.90 Å². The topological polar surface area (TPSA) is 66.8 Å². The number of carboxylic acid groups (broad SMARTS) is 1. The highest BCUT2D eigenvalue weighted by molar-refractivity contribution is 5.85. The number of carbonyl (C=O) groups is 2. The lowest BCUT2D eigenvalue weighted by molar-refractivity contribution is -0.151. The molecule has 1 aliphatic heterocycles. The van der Waals surface area contributed by atoms with Crippen molar-refractivity contribution in [1.29, 1.82) is 0 Å². The van der Waals surface area contributed by atoms with E-state index in [1.54, 1.807) is 13.2 Å². The van der Waals surface area contributed by atoms with Gasteiger partial charge in [0.25, 0.3) is 0 Å². The quantitative estimate of drug-likeness (QED) is 0.909. The summed E-state index contributed by atoms with van der Waals surface area (Å²) in [4.78, 5) is 25.0. The summed E-state index contributed by atoms with van der Waals surface area (Å²) >= 11 is 0. The van der Waals surface area contributed by atoms with Crippen LogP contribution in [0, 0.1) is 0 Å². The molecule has 0 bridgehead atoms. The number of likely N-dealkylation sites (tertiary alicyclic amines) is 1. The van der Waals surface area contributed by atoms with Crippen molar-refractivity contribution in [1.82, 2.24) is 4.90 Å². The van der Waals surface area contributed by atoms with Crippen LogP contribution in [0.25, 0.3) is 0 Å². The molecule has 5 heteroatoms. The van der Waals surface area contributed by atoms with Crippen LogP contribution in [0.15, 0.2) is 24.3 Å². The predicted octanol–water partition coefficient (Wildman–Crippen LogP) is 1.70. The average Bonchev–Trinajstić information content (AvgIpc) is 2.47. The van der Waals surface area contributed by atoms with Gasteiger partial charge in [-0.2, -0.15) is 0 Å². The van der Waals surface area contributed by atoms with Gasteiger partial charge in [-0.25, -0.2) is 4.79 Å². The molecular formula is C15H19NO4. The maximum Gasteiger partial charge on any atom is 0.326 e. The van der Waals surface area contributed by atoms with Crippen LogP contribution < -0.4 is 4.74 Å². The van der Waals surface area contributed by atoms with Gasteiger partial charge < -0.3 is 14.7 Å². The Morgan fingerprint density at radius 3 is 2.90 bits per heavy atom. The van der Waals surface area contributed by atoms with Crippen LogP contribution in [-0.4, -0.2) is 41.6 Å². The van der Waals surface area contributed by atoms with Crippen LogP contribution in [0.1, 0.15) is 24.8 Å². The fraction of sp³-hybridized carbons (Fsp3) is 0.467. The first kappa shape index (κ1) is 14.4. The Balaban J connectivity index is 2.07. The number of aliphatic carboxylic acids is 1. The fourth-order valence-electron chi connectivity index (χ4n) is 2.55. The molecule has 0 aromatic heterocycles. The number of piperidine rings is 1. The van der Waals surface area contributed by atoms with Crippen molar-refractivity contribution < 1.29 is 19.4 Å². The lowest BCUT2D eigenvalue weighted by Crippen LogP contribution is -2.48. The lowest BCUT2D eigenvalue weighted by Gasteiger charge is -2.33. The monoisotopic (exact) mass is 277 g/mol. The predicted molar refractivity (Wildman–Crippen MR) is 73.7 cm³/mol. The summed E-state index contributed by atoms with van der Waals surface area (Å²) in [5.74, 6) is -0.349. The molecule has 1 aromatic rings. The third-order valence-corrected chi connectivity index (χ3v) is 3.60. The number of carboxylic acids is 1. The van der Waals surface area contributed by atoms with E-state index in [9.17, 15) is 14.7 Å². The summed E-state index contributed by atoms with van der Waals surface area (Å²) in [5, 5.41) is 9.19. The molecule has 0 spiro atoms. The van der Waals surface area contributed by atoms with Gasteiger partial charge in [-0.1, -0.05) is 12.1 Å². The fourth-order valence-corrected chi connectivity index (χ4v) is 2.55. The molecule has 2 rings (SSSR count). The molecule has 0 saturated carbocycles. The smallest absolute Gasteiger partial charge is 0.326 e. The highest BCUT2D eigenvalue weighted by Crippen LogP contribution is 2.20. The Kier molecular flexibility index (Phi) is 4.61. The van der Waals surface area contributed by atoms with Crippen molar-refractivity contribution >= 4 is 11.9 Å². The molecule has 1 amide bonds. The molecule has 0 unspecified atom stereocenters. The zero-order valence-corrected chi connectivity index (χ0v) is 11.5. The van der Waals surface area contributed by atoms with E-state index in [1.807, 2.05) is 18.2 Å². The number of carbonyl (C=O) groups excluding carboxylic acids is 1. The third kappa shape index (κ3) is 3.29. The molecule has 108 valence electrons. The zero-order valence-electron chi connectivity index (χ0n) is 11.5. The lowest BCUT2D eigenvalue weighted by atomic mass is 10.0. The highest BCUT2D eigenvalue weighted by Gasteiger charge is 2.31. The molecule has 1 atom stereocenters. The largest absolute Gasteiger partial charge is 0.497 e. The van der Waals surface area contributed by atoms with Crippen LogP contribution in [0.5, 0.6) is 5.75 Å². The number of ether oxygens (including phenoxy) is 1. The van der Waals surface area contributed by atoms with E-state index in [0.717, 1.165) is 18.4 Å². The van der Waals surface area contributed by atoms with Crippen LogP contribution in [-0.2, 0) is 16.0 Å². The van der Waals surface area contributed by atoms with Gasteiger partial charge in [-0.15, -0.1) is 0 Å². The Morgan fingerprint density at radius 2 is 2.20 bits per heavy atom. The first-order chi connectivity index (χ1) is 9.61. The van der Waals surface area contributed by atoms with Crippen LogP contribution in [0.3, 0.4) is 0 Å². The van der Waals surface area contributed by atoms with Gasteiger partial charge in [0, 0.05) is 6.54 Å². The standard InChI is InChI=1S/C15H19NO4/c1-20-12-6-4-5-11(9-12)10-14(17)16-8-3-2-7-13(16)15(18)19/h4-6,9,13H,2-3,7-8,10H2,1H3,(H,18,19)/t13-/m0/s1. The van der Waals surface area contributed by atoms with Gasteiger partial charge >= 0.3 is 5.97 Å². The number of hydrogen-bond donors (Lipinski definition) is 1. The maximum absolute atomic E-state index is 12.3. The van der Waals surface area contributed by atoms with Crippen molar-refractivity contribution in [2.75, 3.05) is 13.7 Å². The molecule has 0 aliphatic carbocycles. The first-order valence-corrected chi connectivity index (χ1v) is 6.77. The molecule has 1 heterocycles. The van der Waals surface area contributed by atoms with E-state index in [-0.39, 0.29) is 12.3 Å². The van der Waals surface area contributed by atoms with E-state index in [4.69, 9.17) is 4.74 Å². The highest BCUT2D eigenvalue weighted by atomic mass is 16.5. The van der Waals surface area contributed by atoms with E-state index < -0.39 is 12.0 Å². The molecule has 0 radical (unpaired) electrons. The maximum atomic E-state index is 12.3. The second-order valence-corrected chi connectivity index (χ2v) is 4.97. The van der Waals surface area contributed by atoms with Gasteiger partial charge in [0.05, 0.1) is 13.5 Å². The van der Waals surface area contributed by atoms with Crippen molar-refractivity contribution in [3.05, 3.63) is 29.8 Å². The number of nitrogens with zero attached hydrogens (tertiary/aromatic N) is 1. The van der Waals surface area contributed by atoms with E-state index in [0.29, 0.717) is 18.7 Å². The SMILES string of the molecule is COc1cccc(CC(=O)N2CCCC[C@H]2C(=O)O)c1. The van der Waals surface area contributed by atoms with Crippen molar-refractivity contribution in [2.45, 2.75) is 31.7 Å². The number of hydrogen-bond acceptors (Lipinski definition) is 3.